The number of ether oxygens (including phenoxy) is 3. The molecule has 0 aromatic heterocycles. The number of allylic oxidation sites excluding steroid dienone is 2. The second kappa shape index (κ2) is 59.7. The summed E-state index contributed by atoms with van der Waals surface area (Å²) in [5.41, 5.74) is 0. The highest BCUT2D eigenvalue weighted by Gasteiger charge is 2.19. The van der Waals surface area contributed by atoms with Crippen LogP contribution in [0.3, 0.4) is 0 Å². The van der Waals surface area contributed by atoms with Gasteiger partial charge < -0.3 is 14.2 Å². The molecular formula is C64H122O6. The number of unbranched alkanes of at least 4 members (excludes halogenated alkanes) is 46. The maximum atomic E-state index is 12.9. The van der Waals surface area contributed by atoms with Crippen molar-refractivity contribution in [3.63, 3.8) is 0 Å². The van der Waals surface area contributed by atoms with Crippen molar-refractivity contribution in [3.05, 3.63) is 12.2 Å². The number of carbonyl (C=O) groups excluding carboxylic acids is 3. The first kappa shape index (κ1) is 68.2. The molecular weight excluding hydrogens is 865 g/mol. The van der Waals surface area contributed by atoms with Crippen molar-refractivity contribution < 1.29 is 28.6 Å². The molecule has 1 atom stereocenters. The van der Waals surface area contributed by atoms with Crippen molar-refractivity contribution in [2.45, 2.75) is 367 Å². The Morgan fingerprint density at radius 1 is 0.271 bits per heavy atom. The van der Waals surface area contributed by atoms with Crippen molar-refractivity contribution in [2.75, 3.05) is 13.2 Å². The fourth-order valence-electron chi connectivity index (χ4n) is 9.74. The monoisotopic (exact) mass is 987 g/mol. The van der Waals surface area contributed by atoms with Crippen LogP contribution in [0.1, 0.15) is 361 Å². The fourth-order valence-corrected chi connectivity index (χ4v) is 9.74. The van der Waals surface area contributed by atoms with Crippen molar-refractivity contribution >= 4 is 17.9 Å². The zero-order valence-electron chi connectivity index (χ0n) is 47.6. The largest absolute Gasteiger partial charge is 0.462 e. The van der Waals surface area contributed by atoms with Gasteiger partial charge in [-0.25, -0.2) is 0 Å². The SMILES string of the molecule is CCCCCCCCC/C=C\CCCCCCCC(=O)OC(COC(=O)CCCCCCCCCCCCCCCC)COC(=O)CCCCCCCCCCCCCCCCCCCCCCCC. The lowest BCUT2D eigenvalue weighted by molar-refractivity contribution is -0.167. The third kappa shape index (κ3) is 57.1. The summed E-state index contributed by atoms with van der Waals surface area (Å²) in [7, 11) is 0. The normalized spacial score (nSPS) is 12.0. The van der Waals surface area contributed by atoms with Crippen LogP contribution in [0.5, 0.6) is 0 Å². The first-order valence-corrected chi connectivity index (χ1v) is 31.7. The molecule has 0 aliphatic heterocycles. The molecule has 0 amide bonds. The molecule has 0 fully saturated rings. The summed E-state index contributed by atoms with van der Waals surface area (Å²) in [5, 5.41) is 0. The van der Waals surface area contributed by atoms with E-state index in [0.29, 0.717) is 19.3 Å². The highest BCUT2D eigenvalue weighted by molar-refractivity contribution is 5.71. The molecule has 0 spiro atoms. The summed E-state index contributed by atoms with van der Waals surface area (Å²) in [5.74, 6) is -0.846. The Labute approximate surface area is 437 Å². The first-order chi connectivity index (χ1) is 34.5. The smallest absolute Gasteiger partial charge is 0.306 e. The van der Waals surface area contributed by atoms with Crippen LogP contribution in [0.15, 0.2) is 12.2 Å². The number of hydrogen-bond acceptors (Lipinski definition) is 6. The standard InChI is InChI=1S/C64H122O6/c1-4-7-10-13-16-19-22-25-28-30-31-32-33-34-35-37-39-42-45-48-51-54-57-63(66)69-60-61(59-68-62(65)56-53-50-47-44-41-38-27-24-21-18-15-12-9-6-3)70-64(67)58-55-52-49-46-43-40-36-29-26-23-20-17-14-11-8-5-2/h29,36,61H,4-28,30-35,37-60H2,1-3H3/b36-29-. The molecule has 0 aromatic carbocycles. The van der Waals surface area contributed by atoms with E-state index in [4.69, 9.17) is 14.2 Å². The van der Waals surface area contributed by atoms with E-state index in [0.717, 1.165) is 64.2 Å². The summed E-state index contributed by atoms with van der Waals surface area (Å²) in [6, 6.07) is 0. The van der Waals surface area contributed by atoms with Crippen LogP contribution in [0.2, 0.25) is 0 Å². The number of hydrogen-bond donors (Lipinski definition) is 0. The molecule has 0 rings (SSSR count). The third-order valence-electron chi connectivity index (χ3n) is 14.5. The number of rotatable bonds is 59. The van der Waals surface area contributed by atoms with E-state index >= 15 is 0 Å². The lowest BCUT2D eigenvalue weighted by Crippen LogP contribution is -2.30. The highest BCUT2D eigenvalue weighted by Crippen LogP contribution is 2.18. The molecule has 1 unspecified atom stereocenters. The van der Waals surface area contributed by atoms with E-state index in [-0.39, 0.29) is 31.1 Å². The molecule has 0 bridgehead atoms. The van der Waals surface area contributed by atoms with Crippen LogP contribution in [0.25, 0.3) is 0 Å². The van der Waals surface area contributed by atoms with Gasteiger partial charge in [-0.3, -0.25) is 14.4 Å². The molecule has 0 N–H and O–H groups in total. The summed E-state index contributed by atoms with van der Waals surface area (Å²) in [6.45, 7) is 6.70. The molecule has 6 nitrogen and oxygen atoms in total. The van der Waals surface area contributed by atoms with Crippen LogP contribution in [-0.2, 0) is 28.6 Å². The van der Waals surface area contributed by atoms with Gasteiger partial charge in [-0.1, -0.05) is 309 Å². The molecule has 0 aromatic rings. The number of esters is 3. The van der Waals surface area contributed by atoms with E-state index in [2.05, 4.69) is 32.9 Å². The molecule has 70 heavy (non-hydrogen) atoms. The Morgan fingerprint density at radius 3 is 0.714 bits per heavy atom. The topological polar surface area (TPSA) is 78.9 Å². The van der Waals surface area contributed by atoms with Crippen LogP contribution >= 0.6 is 0 Å². The van der Waals surface area contributed by atoms with E-state index in [1.54, 1.807) is 0 Å². The zero-order chi connectivity index (χ0) is 50.7. The third-order valence-corrected chi connectivity index (χ3v) is 14.5. The molecule has 6 heteroatoms. The Hall–Kier alpha value is -1.85. The summed E-state index contributed by atoms with van der Waals surface area (Å²) < 4.78 is 16.9. The fraction of sp³-hybridized carbons (Fsp3) is 0.922. The Kier molecular flexibility index (Phi) is 58.1. The van der Waals surface area contributed by atoms with Crippen LogP contribution in [0, 0.1) is 0 Å². The molecule has 0 saturated heterocycles. The van der Waals surface area contributed by atoms with Crippen molar-refractivity contribution in [1.82, 2.24) is 0 Å². The van der Waals surface area contributed by atoms with Gasteiger partial charge >= 0.3 is 17.9 Å². The van der Waals surface area contributed by atoms with Gasteiger partial charge in [0.2, 0.25) is 0 Å². The summed E-state index contributed by atoms with van der Waals surface area (Å²) in [6.07, 6.45) is 69.3. The molecule has 0 heterocycles. The van der Waals surface area contributed by atoms with Crippen LogP contribution in [0.4, 0.5) is 0 Å². The summed E-state index contributed by atoms with van der Waals surface area (Å²) in [4.78, 5) is 38.2. The second-order valence-electron chi connectivity index (χ2n) is 21.7. The van der Waals surface area contributed by atoms with Gasteiger partial charge in [-0.15, -0.1) is 0 Å². The molecule has 414 valence electrons. The van der Waals surface area contributed by atoms with Gasteiger partial charge in [0.15, 0.2) is 6.10 Å². The van der Waals surface area contributed by atoms with Crippen molar-refractivity contribution in [1.29, 1.82) is 0 Å². The zero-order valence-corrected chi connectivity index (χ0v) is 47.6. The Bertz CT molecular complexity index is 1090. The van der Waals surface area contributed by atoms with Crippen molar-refractivity contribution in [2.24, 2.45) is 0 Å². The average molecular weight is 988 g/mol. The minimum absolute atomic E-state index is 0.0670. The number of carbonyl (C=O) groups is 3. The summed E-state index contributed by atoms with van der Waals surface area (Å²) >= 11 is 0. The van der Waals surface area contributed by atoms with Gasteiger partial charge in [0, 0.05) is 19.3 Å². The van der Waals surface area contributed by atoms with Gasteiger partial charge in [-0.05, 0) is 44.9 Å². The highest BCUT2D eigenvalue weighted by atomic mass is 16.6. The molecule has 0 aliphatic rings. The van der Waals surface area contributed by atoms with Gasteiger partial charge in [0.1, 0.15) is 13.2 Å². The quantitative estimate of drug-likeness (QED) is 0.0261. The first-order valence-electron chi connectivity index (χ1n) is 31.7. The molecule has 0 radical (unpaired) electrons. The maximum absolute atomic E-state index is 12.9. The van der Waals surface area contributed by atoms with E-state index < -0.39 is 6.10 Å². The van der Waals surface area contributed by atoms with Crippen molar-refractivity contribution in [3.8, 4) is 0 Å². The van der Waals surface area contributed by atoms with Gasteiger partial charge in [0.25, 0.3) is 0 Å². The van der Waals surface area contributed by atoms with Gasteiger partial charge in [-0.2, -0.15) is 0 Å². The lowest BCUT2D eigenvalue weighted by atomic mass is 10.0. The Morgan fingerprint density at radius 2 is 0.471 bits per heavy atom. The second-order valence-corrected chi connectivity index (χ2v) is 21.7. The van der Waals surface area contributed by atoms with Gasteiger partial charge in [0.05, 0.1) is 0 Å². The molecule has 0 saturated carbocycles. The van der Waals surface area contributed by atoms with Crippen LogP contribution in [-0.4, -0.2) is 37.2 Å². The van der Waals surface area contributed by atoms with E-state index in [9.17, 15) is 14.4 Å². The van der Waals surface area contributed by atoms with Crippen LogP contribution < -0.4 is 0 Å². The predicted molar refractivity (Wildman–Crippen MR) is 303 cm³/mol. The van der Waals surface area contributed by atoms with E-state index in [1.165, 1.54) is 257 Å². The lowest BCUT2D eigenvalue weighted by Gasteiger charge is -2.18. The van der Waals surface area contributed by atoms with E-state index in [1.807, 2.05) is 0 Å². The maximum Gasteiger partial charge on any atom is 0.306 e. The average Bonchev–Trinajstić information content (AvgIpc) is 3.36. The minimum atomic E-state index is -0.769. The minimum Gasteiger partial charge on any atom is -0.462 e. The Balaban J connectivity index is 4.26. The predicted octanol–water partition coefficient (Wildman–Crippen LogP) is 21.3. The molecule has 0 aliphatic carbocycles.